The highest BCUT2D eigenvalue weighted by atomic mass is 35.5. The molecule has 0 spiro atoms. The molecule has 2 aliphatic carbocycles. The average Bonchev–Trinajstić information content (AvgIpc) is 3.01. The molecule has 3 aliphatic rings. The number of hydrogen-bond acceptors (Lipinski definition) is 3. The molecule has 0 radical (unpaired) electrons. The molecule has 1 saturated carbocycles. The van der Waals surface area contributed by atoms with Crippen LogP contribution in [0.5, 0.6) is 0 Å². The van der Waals surface area contributed by atoms with Crippen LogP contribution in [0.3, 0.4) is 0 Å². The van der Waals surface area contributed by atoms with Crippen LogP contribution in [0.25, 0.3) is 5.57 Å². The van der Waals surface area contributed by atoms with Crippen LogP contribution in [-0.2, 0) is 13.1 Å². The summed E-state index contributed by atoms with van der Waals surface area (Å²) in [6, 6.07) is -1.05. The van der Waals surface area contributed by atoms with Crippen molar-refractivity contribution in [1.29, 1.82) is 0 Å². The predicted octanol–water partition coefficient (Wildman–Crippen LogP) is 2.59. The molecule has 162 valence electrons. The lowest BCUT2D eigenvalue weighted by Crippen LogP contribution is -2.55. The minimum absolute atomic E-state index is 0.0428. The fourth-order valence-corrected chi connectivity index (χ4v) is 4.13. The third kappa shape index (κ3) is 3.68. The molecule has 0 saturated heterocycles. The zero-order chi connectivity index (χ0) is 21.8. The summed E-state index contributed by atoms with van der Waals surface area (Å²) in [6.07, 6.45) is 2.12. The molecule has 7 nitrogen and oxygen atoms in total. The first-order valence-corrected chi connectivity index (χ1v) is 9.92. The molecular weight excluding hydrogens is 423 g/mol. The van der Waals surface area contributed by atoms with E-state index in [-0.39, 0.29) is 37.2 Å². The highest BCUT2D eigenvalue weighted by Gasteiger charge is 2.46. The number of alkyl halides is 4. The number of urea groups is 1. The number of halogens is 4. The largest absolute Gasteiger partial charge is 0.365 e. The summed E-state index contributed by atoms with van der Waals surface area (Å²) in [4.78, 5) is 24.8. The van der Waals surface area contributed by atoms with Crippen LogP contribution in [0.1, 0.15) is 41.5 Å². The molecule has 1 aromatic rings. The molecule has 3 amide bonds. The minimum atomic E-state index is -2.73. The fraction of sp³-hybridized carbons (Fsp3) is 0.526. The molecule has 3 N–H and O–H groups in total. The Labute approximate surface area is 175 Å². The molecular formula is C19H21ClF3N5O2. The van der Waals surface area contributed by atoms with Crippen molar-refractivity contribution >= 4 is 29.1 Å². The number of aromatic nitrogens is 2. The van der Waals surface area contributed by atoms with Crippen molar-refractivity contribution in [2.24, 2.45) is 5.73 Å². The van der Waals surface area contributed by atoms with Gasteiger partial charge in [-0.2, -0.15) is 5.10 Å². The summed E-state index contributed by atoms with van der Waals surface area (Å²) in [5.41, 5.74) is 6.89. The first-order chi connectivity index (χ1) is 14.0. The number of rotatable bonds is 3. The quantitative estimate of drug-likeness (QED) is 0.703. The Morgan fingerprint density at radius 1 is 1.33 bits per heavy atom. The molecule has 11 heteroatoms. The molecule has 1 fully saturated rings. The molecule has 0 aromatic carbocycles. The van der Waals surface area contributed by atoms with Crippen molar-refractivity contribution in [1.82, 2.24) is 20.0 Å². The lowest BCUT2D eigenvalue weighted by molar-refractivity contribution is -0.0903. The molecule has 1 aliphatic heterocycles. The number of nitrogens with zero attached hydrogens (tertiary/aromatic N) is 3. The van der Waals surface area contributed by atoms with Gasteiger partial charge in [0.1, 0.15) is 11.9 Å². The standard InChI is InChI=1S/C19H21ClF3N5O2/c1-18(20)6-10(2-3-13(18)21)15-14(16(24)29)12-9-27(4-5-28(12)26-15)17(30)25-11-7-19(22,23)8-11/h2-3,6,11,13H,4-5,7-9H2,1H3,(H2,24,29)(H,25,30). The third-order valence-corrected chi connectivity index (χ3v) is 5.94. The van der Waals surface area contributed by atoms with E-state index in [1.165, 1.54) is 30.1 Å². The Morgan fingerprint density at radius 3 is 2.63 bits per heavy atom. The number of carbonyl (C=O) groups is 2. The first kappa shape index (κ1) is 20.8. The number of nitrogens with one attached hydrogen (secondary N) is 1. The topological polar surface area (TPSA) is 93.2 Å². The summed E-state index contributed by atoms with van der Waals surface area (Å²) in [5.74, 6) is -3.47. The lowest BCUT2D eigenvalue weighted by Gasteiger charge is -2.37. The Bertz CT molecular complexity index is 964. The highest BCUT2D eigenvalue weighted by molar-refractivity contribution is 6.26. The lowest BCUT2D eigenvalue weighted by atomic mass is 9.88. The zero-order valence-corrected chi connectivity index (χ0v) is 16.9. The van der Waals surface area contributed by atoms with Gasteiger partial charge in [-0.25, -0.2) is 18.0 Å². The van der Waals surface area contributed by atoms with E-state index in [1.54, 1.807) is 4.68 Å². The van der Waals surface area contributed by atoms with Crippen molar-refractivity contribution in [3.05, 3.63) is 35.2 Å². The maximum absolute atomic E-state index is 14.0. The SMILES string of the molecule is CC1(Cl)C=C(c2nn3c(c2C(N)=O)CN(C(=O)NC2CC(F)(F)C2)CC3)C=CC1F. The van der Waals surface area contributed by atoms with Gasteiger partial charge in [0.15, 0.2) is 0 Å². The maximum Gasteiger partial charge on any atom is 0.318 e. The Morgan fingerprint density at radius 2 is 2.03 bits per heavy atom. The summed E-state index contributed by atoms with van der Waals surface area (Å²) < 4.78 is 41.6. The van der Waals surface area contributed by atoms with E-state index in [9.17, 15) is 22.8 Å². The number of fused-ring (bicyclic) bond motifs is 1. The fourth-order valence-electron chi connectivity index (χ4n) is 3.94. The van der Waals surface area contributed by atoms with Gasteiger partial charge in [0.2, 0.25) is 0 Å². The van der Waals surface area contributed by atoms with Crippen LogP contribution in [0.4, 0.5) is 18.0 Å². The summed E-state index contributed by atoms with van der Waals surface area (Å²) in [7, 11) is 0. The zero-order valence-electron chi connectivity index (χ0n) is 16.2. The molecule has 2 heterocycles. The van der Waals surface area contributed by atoms with E-state index < -0.39 is 34.9 Å². The number of primary amides is 1. The van der Waals surface area contributed by atoms with Gasteiger partial charge in [0.25, 0.3) is 11.8 Å². The van der Waals surface area contributed by atoms with E-state index in [0.29, 0.717) is 17.8 Å². The van der Waals surface area contributed by atoms with Crippen LogP contribution in [-0.4, -0.2) is 56.2 Å². The van der Waals surface area contributed by atoms with E-state index >= 15 is 0 Å². The summed E-state index contributed by atoms with van der Waals surface area (Å²) in [6.45, 7) is 2.14. The van der Waals surface area contributed by atoms with E-state index in [4.69, 9.17) is 17.3 Å². The second kappa shape index (κ2) is 7.04. The molecule has 30 heavy (non-hydrogen) atoms. The molecule has 2 unspecified atom stereocenters. The van der Waals surface area contributed by atoms with E-state index in [1.807, 2.05) is 0 Å². The smallest absolute Gasteiger partial charge is 0.318 e. The van der Waals surface area contributed by atoms with Crippen LogP contribution in [0, 0.1) is 0 Å². The monoisotopic (exact) mass is 443 g/mol. The van der Waals surface area contributed by atoms with Gasteiger partial charge in [0, 0.05) is 31.0 Å². The number of hydrogen-bond donors (Lipinski definition) is 2. The van der Waals surface area contributed by atoms with Gasteiger partial charge in [0.05, 0.1) is 29.2 Å². The van der Waals surface area contributed by atoms with E-state index in [2.05, 4.69) is 10.4 Å². The Hall–Kier alpha value is -2.49. The van der Waals surface area contributed by atoms with Crippen molar-refractivity contribution in [3.8, 4) is 0 Å². The van der Waals surface area contributed by atoms with Gasteiger partial charge in [-0.05, 0) is 13.0 Å². The second-order valence-corrected chi connectivity index (χ2v) is 8.92. The molecule has 2 atom stereocenters. The highest BCUT2D eigenvalue weighted by Crippen LogP contribution is 2.38. The third-order valence-electron chi connectivity index (χ3n) is 5.63. The predicted molar refractivity (Wildman–Crippen MR) is 104 cm³/mol. The summed E-state index contributed by atoms with van der Waals surface area (Å²) in [5, 5.41) is 7.03. The minimum Gasteiger partial charge on any atom is -0.365 e. The maximum atomic E-state index is 14.0. The molecule has 1 aromatic heterocycles. The van der Waals surface area contributed by atoms with Crippen molar-refractivity contribution in [3.63, 3.8) is 0 Å². The van der Waals surface area contributed by atoms with Gasteiger partial charge in [-0.15, -0.1) is 11.6 Å². The van der Waals surface area contributed by atoms with Crippen LogP contribution in [0.15, 0.2) is 18.2 Å². The van der Waals surface area contributed by atoms with Crippen molar-refractivity contribution < 1.29 is 22.8 Å². The second-order valence-electron chi connectivity index (χ2n) is 8.10. The van der Waals surface area contributed by atoms with Gasteiger partial charge < -0.3 is 16.0 Å². The number of nitrogens with two attached hydrogens (primary N) is 1. The molecule has 4 rings (SSSR count). The van der Waals surface area contributed by atoms with Crippen molar-refractivity contribution in [2.45, 2.75) is 55.9 Å². The Kier molecular flexibility index (Phi) is 4.87. The van der Waals surface area contributed by atoms with Crippen LogP contribution < -0.4 is 11.1 Å². The average molecular weight is 444 g/mol. The van der Waals surface area contributed by atoms with E-state index in [0.717, 1.165) is 0 Å². The van der Waals surface area contributed by atoms with Crippen LogP contribution >= 0.6 is 11.6 Å². The number of amides is 3. The summed E-state index contributed by atoms with van der Waals surface area (Å²) >= 11 is 6.21. The van der Waals surface area contributed by atoms with Gasteiger partial charge >= 0.3 is 6.03 Å². The Balaban J connectivity index is 1.58. The van der Waals surface area contributed by atoms with Crippen LogP contribution in [0.2, 0.25) is 0 Å². The molecule has 0 bridgehead atoms. The van der Waals surface area contributed by atoms with Gasteiger partial charge in [-0.3, -0.25) is 9.48 Å². The number of carbonyl (C=O) groups excluding carboxylic acids is 2. The van der Waals surface area contributed by atoms with Gasteiger partial charge in [-0.1, -0.05) is 12.2 Å². The first-order valence-electron chi connectivity index (χ1n) is 9.54. The van der Waals surface area contributed by atoms with Crippen molar-refractivity contribution in [2.75, 3.05) is 6.54 Å². The normalized spacial score (nSPS) is 27.8. The number of allylic oxidation sites excluding steroid dienone is 4.